The Morgan fingerprint density at radius 2 is 2.31 bits per heavy atom. The predicted molar refractivity (Wildman–Crippen MR) is 64.8 cm³/mol. The van der Waals surface area contributed by atoms with Gasteiger partial charge in [-0.1, -0.05) is 0 Å². The van der Waals surface area contributed by atoms with Crippen LogP contribution in [-0.2, 0) is 0 Å². The molecule has 1 aliphatic rings. The standard InChI is InChI=1S/C13H16N2O/c1-16-9-4-5-13-10(7-9)11(8-15-13)12-3-2-6-14-12/h4-5,7-8,12,14-15H,2-3,6H2,1H3/t12-/m1/s1. The third kappa shape index (κ3) is 1.48. The lowest BCUT2D eigenvalue weighted by atomic mass is 10.0. The molecule has 1 atom stereocenters. The normalized spacial score (nSPS) is 20.4. The summed E-state index contributed by atoms with van der Waals surface area (Å²) in [6.07, 6.45) is 4.61. The van der Waals surface area contributed by atoms with Crippen molar-refractivity contribution in [3.63, 3.8) is 0 Å². The number of nitrogens with one attached hydrogen (secondary N) is 2. The molecule has 1 aromatic heterocycles. The van der Waals surface area contributed by atoms with Crippen molar-refractivity contribution >= 4 is 10.9 Å². The van der Waals surface area contributed by atoms with Crippen LogP contribution in [0.5, 0.6) is 5.75 Å². The highest BCUT2D eigenvalue weighted by Gasteiger charge is 2.19. The van der Waals surface area contributed by atoms with Crippen LogP contribution in [-0.4, -0.2) is 18.6 Å². The lowest BCUT2D eigenvalue weighted by Crippen LogP contribution is -2.12. The number of rotatable bonds is 2. The first-order valence-corrected chi connectivity index (χ1v) is 5.77. The largest absolute Gasteiger partial charge is 0.497 e. The molecule has 0 saturated carbocycles. The average molecular weight is 216 g/mol. The van der Waals surface area contributed by atoms with Crippen LogP contribution in [0.4, 0.5) is 0 Å². The van der Waals surface area contributed by atoms with E-state index in [9.17, 15) is 0 Å². The first kappa shape index (κ1) is 9.73. The van der Waals surface area contributed by atoms with Crippen molar-refractivity contribution in [1.82, 2.24) is 10.3 Å². The summed E-state index contributed by atoms with van der Waals surface area (Å²) >= 11 is 0. The summed E-state index contributed by atoms with van der Waals surface area (Å²) in [6.45, 7) is 1.13. The maximum absolute atomic E-state index is 5.28. The summed E-state index contributed by atoms with van der Waals surface area (Å²) in [6, 6.07) is 6.68. The van der Waals surface area contributed by atoms with Crippen LogP contribution in [0.3, 0.4) is 0 Å². The van der Waals surface area contributed by atoms with Crippen molar-refractivity contribution < 1.29 is 4.74 Å². The van der Waals surface area contributed by atoms with E-state index in [1.165, 1.54) is 29.3 Å². The van der Waals surface area contributed by atoms with Crippen molar-refractivity contribution in [2.45, 2.75) is 18.9 Å². The summed E-state index contributed by atoms with van der Waals surface area (Å²) < 4.78 is 5.28. The molecule has 0 bridgehead atoms. The first-order valence-electron chi connectivity index (χ1n) is 5.77. The third-order valence-electron chi connectivity index (χ3n) is 3.36. The highest BCUT2D eigenvalue weighted by Crippen LogP contribution is 2.31. The monoisotopic (exact) mass is 216 g/mol. The number of ether oxygens (including phenoxy) is 1. The van der Waals surface area contributed by atoms with Crippen molar-refractivity contribution in [2.75, 3.05) is 13.7 Å². The van der Waals surface area contributed by atoms with Crippen LogP contribution in [0.25, 0.3) is 10.9 Å². The van der Waals surface area contributed by atoms with Gasteiger partial charge in [0.1, 0.15) is 5.75 Å². The van der Waals surface area contributed by atoms with Gasteiger partial charge in [-0.15, -0.1) is 0 Å². The number of methoxy groups -OCH3 is 1. The van der Waals surface area contributed by atoms with Gasteiger partial charge in [-0.25, -0.2) is 0 Å². The minimum atomic E-state index is 0.501. The summed E-state index contributed by atoms with van der Waals surface area (Å²) in [7, 11) is 1.71. The highest BCUT2D eigenvalue weighted by molar-refractivity contribution is 5.85. The molecule has 1 aliphatic heterocycles. The minimum absolute atomic E-state index is 0.501. The van der Waals surface area contributed by atoms with Gasteiger partial charge in [-0.3, -0.25) is 0 Å². The van der Waals surface area contributed by atoms with E-state index in [1.807, 2.05) is 6.07 Å². The molecule has 1 aromatic carbocycles. The van der Waals surface area contributed by atoms with Gasteiger partial charge in [0.05, 0.1) is 7.11 Å². The first-order chi connectivity index (χ1) is 7.88. The number of hydrogen-bond donors (Lipinski definition) is 2. The fourth-order valence-corrected chi connectivity index (χ4v) is 2.49. The molecule has 0 unspecified atom stereocenters. The SMILES string of the molecule is COc1ccc2[nH]cc([C@H]3CCCN3)c2c1. The summed E-state index contributed by atoms with van der Waals surface area (Å²) in [4.78, 5) is 3.32. The molecule has 2 heterocycles. The van der Waals surface area contributed by atoms with E-state index in [1.54, 1.807) is 7.11 Å². The van der Waals surface area contributed by atoms with Gasteiger partial charge in [0.25, 0.3) is 0 Å². The molecule has 0 aliphatic carbocycles. The fraction of sp³-hybridized carbons (Fsp3) is 0.385. The van der Waals surface area contributed by atoms with Crippen molar-refractivity contribution in [1.29, 1.82) is 0 Å². The molecule has 1 fully saturated rings. The molecule has 3 rings (SSSR count). The molecule has 0 amide bonds. The van der Waals surface area contributed by atoms with Gasteiger partial charge in [-0.2, -0.15) is 0 Å². The van der Waals surface area contributed by atoms with Gasteiger partial charge in [-0.05, 0) is 43.1 Å². The Morgan fingerprint density at radius 1 is 1.38 bits per heavy atom. The zero-order valence-electron chi connectivity index (χ0n) is 9.42. The van der Waals surface area contributed by atoms with E-state index in [4.69, 9.17) is 4.74 Å². The molecule has 16 heavy (non-hydrogen) atoms. The topological polar surface area (TPSA) is 37.0 Å². The summed E-state index contributed by atoms with van der Waals surface area (Å²) in [5, 5.41) is 4.80. The molecular formula is C13H16N2O. The molecular weight excluding hydrogens is 200 g/mol. The second-order valence-electron chi connectivity index (χ2n) is 4.30. The van der Waals surface area contributed by atoms with Gasteiger partial charge in [0.2, 0.25) is 0 Å². The molecule has 84 valence electrons. The van der Waals surface area contributed by atoms with Gasteiger partial charge < -0.3 is 15.0 Å². The summed E-state index contributed by atoms with van der Waals surface area (Å²) in [5.74, 6) is 0.923. The maximum Gasteiger partial charge on any atom is 0.119 e. The molecule has 3 nitrogen and oxygen atoms in total. The molecule has 2 N–H and O–H groups in total. The average Bonchev–Trinajstić information content (AvgIpc) is 2.96. The molecule has 1 saturated heterocycles. The number of fused-ring (bicyclic) bond motifs is 1. The van der Waals surface area contributed by atoms with Crippen molar-refractivity contribution in [3.8, 4) is 5.75 Å². The Morgan fingerprint density at radius 3 is 3.06 bits per heavy atom. The van der Waals surface area contributed by atoms with Gasteiger partial charge in [0, 0.05) is 23.1 Å². The number of hydrogen-bond acceptors (Lipinski definition) is 2. The minimum Gasteiger partial charge on any atom is -0.497 e. The van der Waals surface area contributed by atoms with E-state index in [2.05, 4.69) is 28.6 Å². The third-order valence-corrected chi connectivity index (χ3v) is 3.36. The Labute approximate surface area is 94.8 Å². The van der Waals surface area contributed by atoms with Crippen LogP contribution in [0, 0.1) is 0 Å². The van der Waals surface area contributed by atoms with E-state index < -0.39 is 0 Å². The Kier molecular flexibility index (Phi) is 2.33. The fourth-order valence-electron chi connectivity index (χ4n) is 2.49. The summed E-state index contributed by atoms with van der Waals surface area (Å²) in [5.41, 5.74) is 2.55. The number of benzene rings is 1. The van der Waals surface area contributed by atoms with Crippen LogP contribution in [0.2, 0.25) is 0 Å². The second kappa shape index (κ2) is 3.83. The maximum atomic E-state index is 5.28. The Balaban J connectivity index is 2.09. The van der Waals surface area contributed by atoms with Crippen LogP contribution in [0.1, 0.15) is 24.4 Å². The Hall–Kier alpha value is -1.48. The van der Waals surface area contributed by atoms with Crippen molar-refractivity contribution in [3.05, 3.63) is 30.0 Å². The van der Waals surface area contributed by atoms with Crippen LogP contribution in [0.15, 0.2) is 24.4 Å². The molecule has 0 radical (unpaired) electrons. The number of aromatic amines is 1. The van der Waals surface area contributed by atoms with Crippen LogP contribution >= 0.6 is 0 Å². The van der Waals surface area contributed by atoms with Crippen LogP contribution < -0.4 is 10.1 Å². The van der Waals surface area contributed by atoms with Gasteiger partial charge >= 0.3 is 0 Å². The van der Waals surface area contributed by atoms with E-state index in [0.29, 0.717) is 6.04 Å². The quantitative estimate of drug-likeness (QED) is 0.809. The van der Waals surface area contributed by atoms with E-state index in [0.717, 1.165) is 12.3 Å². The zero-order chi connectivity index (χ0) is 11.0. The van der Waals surface area contributed by atoms with E-state index >= 15 is 0 Å². The number of H-pyrrole nitrogens is 1. The smallest absolute Gasteiger partial charge is 0.119 e. The lowest BCUT2D eigenvalue weighted by Gasteiger charge is -2.09. The molecule has 3 heteroatoms. The second-order valence-corrected chi connectivity index (χ2v) is 4.30. The Bertz CT molecular complexity index is 498. The lowest BCUT2D eigenvalue weighted by molar-refractivity contribution is 0.415. The molecule has 0 spiro atoms. The van der Waals surface area contributed by atoms with Crippen molar-refractivity contribution in [2.24, 2.45) is 0 Å². The highest BCUT2D eigenvalue weighted by atomic mass is 16.5. The van der Waals surface area contributed by atoms with E-state index in [-0.39, 0.29) is 0 Å². The zero-order valence-corrected chi connectivity index (χ0v) is 9.42. The number of aromatic nitrogens is 1. The molecule has 2 aromatic rings. The predicted octanol–water partition coefficient (Wildman–Crippen LogP) is 2.60. The van der Waals surface area contributed by atoms with Gasteiger partial charge in [0.15, 0.2) is 0 Å².